The summed E-state index contributed by atoms with van der Waals surface area (Å²) in [5.74, 6) is 2.13. The van der Waals surface area contributed by atoms with E-state index in [9.17, 15) is 0 Å². The minimum atomic E-state index is 0. The summed E-state index contributed by atoms with van der Waals surface area (Å²) in [6.07, 6.45) is 0. The molecule has 0 spiro atoms. The first-order valence-electron chi connectivity index (χ1n) is 7.81. The average Bonchev–Trinajstić information content (AvgIpc) is 2.43. The van der Waals surface area contributed by atoms with Crippen LogP contribution in [0.2, 0.25) is 0 Å². The normalized spacial score (nSPS) is 18.5. The fourth-order valence-corrected chi connectivity index (χ4v) is 2.42. The number of aliphatic imine (C=N–C) groups is 1. The van der Waals surface area contributed by atoms with Crippen LogP contribution in [0.1, 0.15) is 27.7 Å². The zero-order valence-corrected chi connectivity index (χ0v) is 16.5. The summed E-state index contributed by atoms with van der Waals surface area (Å²) in [6, 6.07) is 0.525. The summed E-state index contributed by atoms with van der Waals surface area (Å²) in [7, 11) is 1.83. The molecule has 0 aromatic heterocycles. The van der Waals surface area contributed by atoms with Gasteiger partial charge < -0.3 is 15.4 Å². The summed E-state index contributed by atoms with van der Waals surface area (Å²) in [5, 5.41) is 6.82. The molecule has 0 radical (unpaired) electrons. The molecule has 2 N–H and O–H groups in total. The van der Waals surface area contributed by atoms with E-state index in [0.29, 0.717) is 17.9 Å². The molecule has 0 bridgehead atoms. The monoisotopic (exact) mass is 412 g/mol. The fourth-order valence-electron chi connectivity index (χ4n) is 2.42. The van der Waals surface area contributed by atoms with Gasteiger partial charge in [-0.15, -0.1) is 24.0 Å². The molecule has 21 heavy (non-hydrogen) atoms. The molecule has 1 atom stereocenters. The lowest BCUT2D eigenvalue weighted by molar-refractivity contribution is 0.00752. The van der Waals surface area contributed by atoms with Crippen molar-refractivity contribution in [3.63, 3.8) is 0 Å². The lowest BCUT2D eigenvalue weighted by Crippen LogP contribution is -2.52. The van der Waals surface area contributed by atoms with Crippen molar-refractivity contribution in [2.75, 3.05) is 46.4 Å². The standard InChI is InChI=1S/C15H32N4O.HI/c1-12(2)10-17-15(16-5)18-11-14(13(3)4)19-6-8-20-9-7-19;/h12-14H,6-11H2,1-5H3,(H2,16,17,18);1H. The van der Waals surface area contributed by atoms with Crippen molar-refractivity contribution in [1.82, 2.24) is 15.5 Å². The number of nitrogens with zero attached hydrogens (tertiary/aromatic N) is 2. The molecule has 6 heteroatoms. The molecule has 1 fully saturated rings. The highest BCUT2D eigenvalue weighted by atomic mass is 127. The van der Waals surface area contributed by atoms with Crippen molar-refractivity contribution in [2.45, 2.75) is 33.7 Å². The molecule has 5 nitrogen and oxygen atoms in total. The molecule has 1 unspecified atom stereocenters. The molecular weight excluding hydrogens is 379 g/mol. The Morgan fingerprint density at radius 1 is 1.10 bits per heavy atom. The zero-order chi connectivity index (χ0) is 15.0. The minimum absolute atomic E-state index is 0. The van der Waals surface area contributed by atoms with E-state index in [1.165, 1.54) is 0 Å². The Morgan fingerprint density at radius 2 is 1.67 bits per heavy atom. The molecule has 0 saturated carbocycles. The van der Waals surface area contributed by atoms with Crippen LogP contribution in [0.4, 0.5) is 0 Å². The van der Waals surface area contributed by atoms with Crippen LogP contribution in [-0.4, -0.2) is 63.3 Å². The van der Waals surface area contributed by atoms with Crippen molar-refractivity contribution in [3.05, 3.63) is 0 Å². The van der Waals surface area contributed by atoms with E-state index in [0.717, 1.165) is 45.4 Å². The Labute approximate surface area is 147 Å². The maximum absolute atomic E-state index is 5.44. The number of nitrogens with one attached hydrogen (secondary N) is 2. The quantitative estimate of drug-likeness (QED) is 0.397. The van der Waals surface area contributed by atoms with E-state index in [2.05, 4.69) is 48.2 Å². The van der Waals surface area contributed by atoms with Gasteiger partial charge in [-0.2, -0.15) is 0 Å². The first-order valence-corrected chi connectivity index (χ1v) is 7.81. The van der Waals surface area contributed by atoms with E-state index < -0.39 is 0 Å². The highest BCUT2D eigenvalue weighted by Gasteiger charge is 2.23. The molecule has 1 heterocycles. The zero-order valence-electron chi connectivity index (χ0n) is 14.2. The van der Waals surface area contributed by atoms with E-state index >= 15 is 0 Å². The van der Waals surface area contributed by atoms with Crippen LogP contribution >= 0.6 is 24.0 Å². The number of morpholine rings is 1. The smallest absolute Gasteiger partial charge is 0.191 e. The van der Waals surface area contributed by atoms with E-state index in [1.54, 1.807) is 0 Å². The molecular formula is C15H33IN4O. The third-order valence-electron chi connectivity index (χ3n) is 3.66. The molecule has 1 saturated heterocycles. The number of guanidine groups is 1. The van der Waals surface area contributed by atoms with Gasteiger partial charge in [0.2, 0.25) is 0 Å². The highest BCUT2D eigenvalue weighted by molar-refractivity contribution is 14.0. The number of hydrogen-bond acceptors (Lipinski definition) is 3. The van der Waals surface area contributed by atoms with Gasteiger partial charge in [0, 0.05) is 39.3 Å². The molecule has 1 aliphatic rings. The highest BCUT2D eigenvalue weighted by Crippen LogP contribution is 2.12. The van der Waals surface area contributed by atoms with Gasteiger partial charge in [0.25, 0.3) is 0 Å². The van der Waals surface area contributed by atoms with Gasteiger partial charge in [-0.1, -0.05) is 27.7 Å². The lowest BCUT2D eigenvalue weighted by Gasteiger charge is -2.37. The van der Waals surface area contributed by atoms with E-state index in [1.807, 2.05) is 7.05 Å². The second-order valence-corrected chi connectivity index (χ2v) is 6.19. The molecule has 0 aliphatic carbocycles. The van der Waals surface area contributed by atoms with Crippen molar-refractivity contribution < 1.29 is 4.74 Å². The third-order valence-corrected chi connectivity index (χ3v) is 3.66. The van der Waals surface area contributed by atoms with Gasteiger partial charge in [0.15, 0.2) is 5.96 Å². The molecule has 126 valence electrons. The summed E-state index contributed by atoms with van der Waals surface area (Å²) in [4.78, 5) is 6.81. The Balaban J connectivity index is 0.00000400. The van der Waals surface area contributed by atoms with E-state index in [-0.39, 0.29) is 24.0 Å². The van der Waals surface area contributed by atoms with Crippen LogP contribution < -0.4 is 10.6 Å². The maximum atomic E-state index is 5.44. The number of rotatable bonds is 6. The van der Waals surface area contributed by atoms with Crippen molar-refractivity contribution in [1.29, 1.82) is 0 Å². The maximum Gasteiger partial charge on any atom is 0.191 e. The SMILES string of the molecule is CN=C(NCC(C)C)NCC(C(C)C)N1CCOCC1.I. The minimum Gasteiger partial charge on any atom is -0.379 e. The molecule has 1 rings (SSSR count). The predicted octanol–water partition coefficient (Wildman–Crippen LogP) is 1.78. The molecule has 0 amide bonds. The molecule has 0 aromatic carbocycles. The van der Waals surface area contributed by atoms with Gasteiger partial charge in [-0.25, -0.2) is 0 Å². The van der Waals surface area contributed by atoms with Gasteiger partial charge in [0.05, 0.1) is 13.2 Å². The molecule has 0 aromatic rings. The molecule has 1 aliphatic heterocycles. The average molecular weight is 412 g/mol. The lowest BCUT2D eigenvalue weighted by atomic mass is 10.0. The van der Waals surface area contributed by atoms with Gasteiger partial charge in [0.1, 0.15) is 0 Å². The predicted molar refractivity (Wildman–Crippen MR) is 101 cm³/mol. The summed E-state index contributed by atoms with van der Waals surface area (Å²) in [5.41, 5.74) is 0. The van der Waals surface area contributed by atoms with Crippen LogP contribution in [0.5, 0.6) is 0 Å². The Morgan fingerprint density at radius 3 is 2.14 bits per heavy atom. The first kappa shape index (κ1) is 20.9. The number of ether oxygens (including phenoxy) is 1. The van der Waals surface area contributed by atoms with Crippen LogP contribution in [0, 0.1) is 11.8 Å². The summed E-state index contributed by atoms with van der Waals surface area (Å²) >= 11 is 0. The summed E-state index contributed by atoms with van der Waals surface area (Å²) < 4.78 is 5.44. The first-order chi connectivity index (χ1) is 9.54. The van der Waals surface area contributed by atoms with Gasteiger partial charge in [-0.3, -0.25) is 9.89 Å². The largest absolute Gasteiger partial charge is 0.379 e. The second kappa shape index (κ2) is 11.5. The van der Waals surface area contributed by atoms with Crippen molar-refractivity contribution in [2.24, 2.45) is 16.8 Å². The van der Waals surface area contributed by atoms with E-state index in [4.69, 9.17) is 4.74 Å². The fraction of sp³-hybridized carbons (Fsp3) is 0.933. The number of hydrogen-bond donors (Lipinski definition) is 2. The van der Waals surface area contributed by atoms with Gasteiger partial charge >= 0.3 is 0 Å². The van der Waals surface area contributed by atoms with Crippen LogP contribution in [0.3, 0.4) is 0 Å². The van der Waals surface area contributed by atoms with Gasteiger partial charge in [-0.05, 0) is 11.8 Å². The summed E-state index contributed by atoms with van der Waals surface area (Å²) in [6.45, 7) is 14.6. The number of halogens is 1. The Hall–Kier alpha value is -0.0800. The van der Waals surface area contributed by atoms with Crippen molar-refractivity contribution in [3.8, 4) is 0 Å². The Kier molecular flexibility index (Phi) is 11.4. The van der Waals surface area contributed by atoms with Crippen LogP contribution in [0.25, 0.3) is 0 Å². The van der Waals surface area contributed by atoms with Crippen LogP contribution in [0.15, 0.2) is 4.99 Å². The van der Waals surface area contributed by atoms with Crippen LogP contribution in [-0.2, 0) is 4.74 Å². The Bertz CT molecular complexity index is 291. The van der Waals surface area contributed by atoms with Crippen molar-refractivity contribution >= 4 is 29.9 Å². The second-order valence-electron chi connectivity index (χ2n) is 6.19. The third kappa shape index (κ3) is 8.21. The topological polar surface area (TPSA) is 48.9 Å².